The van der Waals surface area contributed by atoms with Crippen LogP contribution in [0.4, 0.5) is 5.69 Å². The third-order valence-corrected chi connectivity index (χ3v) is 1.71. The molecule has 0 bridgehead atoms. The fraction of sp³-hybridized carbons (Fsp3) is 0. The Bertz CT molecular complexity index is 241. The predicted molar refractivity (Wildman–Crippen MR) is 50.7 cm³/mol. The maximum absolute atomic E-state index is 5.47. The molecule has 0 amide bonds. The van der Waals surface area contributed by atoms with E-state index in [1.165, 1.54) is 0 Å². The van der Waals surface area contributed by atoms with Gasteiger partial charge in [-0.25, -0.2) is 0 Å². The summed E-state index contributed by atoms with van der Waals surface area (Å²) in [5.74, 6) is 0. The zero-order valence-electron chi connectivity index (χ0n) is 5.80. The zero-order chi connectivity index (χ0) is 8.27. The Labute approximate surface area is 76.1 Å². The molecule has 0 radical (unpaired) electrons. The number of hydrogen-bond donors (Lipinski definition) is 0. The van der Waals surface area contributed by atoms with Crippen molar-refractivity contribution in [2.75, 3.05) is 3.94 Å². The van der Waals surface area contributed by atoms with Crippen molar-refractivity contribution in [3.63, 3.8) is 0 Å². The summed E-state index contributed by atoms with van der Waals surface area (Å²) in [6.45, 7) is 3.63. The second-order valence-electron chi connectivity index (χ2n) is 2.03. The van der Waals surface area contributed by atoms with Crippen LogP contribution in [-0.4, -0.2) is 0 Å². The van der Waals surface area contributed by atoms with Crippen molar-refractivity contribution in [1.29, 1.82) is 0 Å². The molecule has 0 unspecified atom stereocenters. The Morgan fingerprint density at radius 1 is 1.18 bits per heavy atom. The Kier molecular flexibility index (Phi) is 2.80. The van der Waals surface area contributed by atoms with Crippen LogP contribution >= 0.6 is 23.6 Å². The van der Waals surface area contributed by atoms with E-state index in [2.05, 4.69) is 6.58 Å². The van der Waals surface area contributed by atoms with Gasteiger partial charge in [-0.05, 0) is 17.7 Å². The van der Waals surface area contributed by atoms with Gasteiger partial charge in [-0.1, -0.05) is 24.8 Å². The standard InChI is InChI=1S/C8H7Cl2N/c1-2-7-3-5-8(6-4-7)11(9)10/h2-6H,1H2. The number of benzene rings is 1. The molecule has 0 aliphatic carbocycles. The van der Waals surface area contributed by atoms with Crippen molar-refractivity contribution in [3.05, 3.63) is 36.4 Å². The first-order valence-corrected chi connectivity index (χ1v) is 3.76. The minimum Gasteiger partial charge on any atom is -0.194 e. The highest BCUT2D eigenvalue weighted by molar-refractivity contribution is 6.49. The van der Waals surface area contributed by atoms with Gasteiger partial charge in [-0.2, -0.15) is 3.94 Å². The lowest BCUT2D eigenvalue weighted by molar-refractivity contribution is 1.56. The second-order valence-corrected chi connectivity index (χ2v) is 2.88. The Morgan fingerprint density at radius 2 is 1.73 bits per heavy atom. The maximum atomic E-state index is 5.47. The number of hydrogen-bond acceptors (Lipinski definition) is 1. The van der Waals surface area contributed by atoms with Crippen molar-refractivity contribution >= 4 is 35.3 Å². The van der Waals surface area contributed by atoms with Gasteiger partial charge in [0.25, 0.3) is 0 Å². The third-order valence-electron chi connectivity index (χ3n) is 1.32. The fourth-order valence-corrected chi connectivity index (χ4v) is 0.948. The topological polar surface area (TPSA) is 3.24 Å². The van der Waals surface area contributed by atoms with E-state index in [9.17, 15) is 0 Å². The SMILES string of the molecule is C=Cc1ccc(N(Cl)Cl)cc1. The molecule has 0 spiro atoms. The van der Waals surface area contributed by atoms with Crippen LogP contribution in [0.2, 0.25) is 0 Å². The van der Waals surface area contributed by atoms with E-state index in [0.717, 1.165) is 15.2 Å². The van der Waals surface area contributed by atoms with E-state index in [0.29, 0.717) is 0 Å². The Hall–Kier alpha value is -0.660. The summed E-state index contributed by atoms with van der Waals surface area (Å²) in [5, 5.41) is 0. The van der Waals surface area contributed by atoms with E-state index in [1.807, 2.05) is 24.3 Å². The molecule has 0 saturated carbocycles. The molecule has 0 aromatic heterocycles. The summed E-state index contributed by atoms with van der Waals surface area (Å²) in [5.41, 5.74) is 1.79. The van der Waals surface area contributed by atoms with Gasteiger partial charge in [0.05, 0.1) is 5.69 Å². The van der Waals surface area contributed by atoms with Crippen LogP contribution in [0.25, 0.3) is 6.08 Å². The van der Waals surface area contributed by atoms with Crippen molar-refractivity contribution in [3.8, 4) is 0 Å². The summed E-state index contributed by atoms with van der Waals surface area (Å²) in [6.07, 6.45) is 1.76. The van der Waals surface area contributed by atoms with Gasteiger partial charge >= 0.3 is 0 Å². The molecule has 0 atom stereocenters. The molecule has 0 fully saturated rings. The quantitative estimate of drug-likeness (QED) is 0.642. The summed E-state index contributed by atoms with van der Waals surface area (Å²) >= 11 is 10.9. The molecule has 1 aromatic carbocycles. The maximum Gasteiger partial charge on any atom is 0.0710 e. The van der Waals surface area contributed by atoms with Gasteiger partial charge in [0, 0.05) is 23.6 Å². The minimum atomic E-state index is 0.749. The lowest BCUT2D eigenvalue weighted by Gasteiger charge is -2.04. The highest BCUT2D eigenvalue weighted by Crippen LogP contribution is 2.19. The molecule has 11 heavy (non-hydrogen) atoms. The molecule has 0 aliphatic heterocycles. The van der Waals surface area contributed by atoms with Gasteiger partial charge < -0.3 is 0 Å². The van der Waals surface area contributed by atoms with Crippen molar-refractivity contribution < 1.29 is 0 Å². The number of halogens is 2. The summed E-state index contributed by atoms with van der Waals surface area (Å²) < 4.78 is 1.02. The highest BCUT2D eigenvalue weighted by Gasteiger charge is 1.96. The average molecular weight is 188 g/mol. The van der Waals surface area contributed by atoms with Gasteiger partial charge in [-0.3, -0.25) is 0 Å². The monoisotopic (exact) mass is 187 g/mol. The highest BCUT2D eigenvalue weighted by atomic mass is 35.5. The van der Waals surface area contributed by atoms with Crippen molar-refractivity contribution in [2.24, 2.45) is 0 Å². The van der Waals surface area contributed by atoms with Gasteiger partial charge in [0.2, 0.25) is 0 Å². The predicted octanol–water partition coefficient (Wildman–Crippen LogP) is 3.44. The first-order valence-electron chi connectivity index (χ1n) is 3.08. The van der Waals surface area contributed by atoms with Crippen molar-refractivity contribution in [1.82, 2.24) is 0 Å². The van der Waals surface area contributed by atoms with E-state index in [1.54, 1.807) is 6.08 Å². The first-order chi connectivity index (χ1) is 5.24. The molecule has 1 rings (SSSR count). The van der Waals surface area contributed by atoms with E-state index in [-0.39, 0.29) is 0 Å². The number of rotatable bonds is 2. The van der Waals surface area contributed by atoms with E-state index < -0.39 is 0 Å². The third kappa shape index (κ3) is 2.14. The van der Waals surface area contributed by atoms with Crippen LogP contribution in [0.1, 0.15) is 5.56 Å². The van der Waals surface area contributed by atoms with Crippen LogP contribution in [0.3, 0.4) is 0 Å². The van der Waals surface area contributed by atoms with Crippen LogP contribution < -0.4 is 3.94 Å². The molecular formula is C8H7Cl2N. The molecule has 0 aliphatic rings. The Morgan fingerprint density at radius 3 is 2.09 bits per heavy atom. The largest absolute Gasteiger partial charge is 0.194 e. The van der Waals surface area contributed by atoms with Crippen LogP contribution in [-0.2, 0) is 0 Å². The average Bonchev–Trinajstić information content (AvgIpc) is 2.05. The normalized spacial score (nSPS) is 9.27. The molecule has 0 N–H and O–H groups in total. The summed E-state index contributed by atoms with van der Waals surface area (Å²) in [4.78, 5) is 0. The molecule has 58 valence electrons. The van der Waals surface area contributed by atoms with Gasteiger partial charge in [0.1, 0.15) is 0 Å². The van der Waals surface area contributed by atoms with E-state index in [4.69, 9.17) is 23.6 Å². The molecule has 1 aromatic rings. The van der Waals surface area contributed by atoms with E-state index >= 15 is 0 Å². The van der Waals surface area contributed by atoms with Crippen LogP contribution in [0, 0.1) is 0 Å². The Balaban J connectivity index is 2.91. The summed E-state index contributed by atoms with van der Waals surface area (Å²) in [6, 6.07) is 7.41. The lowest BCUT2D eigenvalue weighted by Crippen LogP contribution is -1.90. The summed E-state index contributed by atoms with van der Waals surface area (Å²) in [7, 11) is 0. The van der Waals surface area contributed by atoms with Crippen molar-refractivity contribution in [2.45, 2.75) is 0 Å². The van der Waals surface area contributed by atoms with Gasteiger partial charge in [0.15, 0.2) is 0 Å². The fourth-order valence-electron chi connectivity index (χ4n) is 0.723. The van der Waals surface area contributed by atoms with Gasteiger partial charge in [-0.15, -0.1) is 0 Å². The molecule has 1 nitrogen and oxygen atoms in total. The molecular weight excluding hydrogens is 181 g/mol. The molecule has 0 saturated heterocycles. The smallest absolute Gasteiger partial charge is 0.0710 e. The van der Waals surface area contributed by atoms with Crippen LogP contribution in [0.15, 0.2) is 30.8 Å². The second kappa shape index (κ2) is 3.65. The number of anilines is 1. The lowest BCUT2D eigenvalue weighted by atomic mass is 10.2. The first kappa shape index (κ1) is 8.44. The minimum absolute atomic E-state index is 0.749. The number of nitrogens with zero attached hydrogens (tertiary/aromatic N) is 1. The molecule has 0 heterocycles. The molecule has 3 heteroatoms. The van der Waals surface area contributed by atoms with Crippen LogP contribution in [0.5, 0.6) is 0 Å². The zero-order valence-corrected chi connectivity index (χ0v) is 7.31.